The largest absolute Gasteiger partial charge is 0.491 e. The number of rotatable bonds is 5. The van der Waals surface area contributed by atoms with Crippen LogP contribution in [0.2, 0.25) is 0 Å². The number of nitrogens with zero attached hydrogens (tertiary/aromatic N) is 2. The number of para-hydroxylation sites is 1. The van der Waals surface area contributed by atoms with Crippen LogP contribution in [-0.2, 0) is 19.2 Å². The normalized spacial score (nSPS) is 32.2. The number of aliphatic hydroxyl groups is 1. The zero-order valence-corrected chi connectivity index (χ0v) is 21.4. The summed E-state index contributed by atoms with van der Waals surface area (Å²) in [5, 5.41) is 9.10. The van der Waals surface area contributed by atoms with E-state index in [0.717, 1.165) is 11.1 Å². The lowest BCUT2D eigenvalue weighted by Gasteiger charge is -2.49. The molecule has 0 aromatic heterocycles. The first-order valence-corrected chi connectivity index (χ1v) is 13.1. The van der Waals surface area contributed by atoms with Crippen LogP contribution in [0.3, 0.4) is 0 Å². The Balaban J connectivity index is 1.49. The van der Waals surface area contributed by atoms with Gasteiger partial charge in [-0.15, -0.1) is 0 Å². The summed E-state index contributed by atoms with van der Waals surface area (Å²) in [7, 11) is 1.53. The van der Waals surface area contributed by atoms with E-state index >= 15 is 0 Å². The third-order valence-corrected chi connectivity index (χ3v) is 9.08. The molecule has 0 unspecified atom stereocenters. The number of likely N-dealkylation sites (tertiary alicyclic amines) is 1. The predicted octanol–water partition coefficient (Wildman–Crippen LogP) is 2.92. The fourth-order valence-electron chi connectivity index (χ4n) is 7.30. The number of ether oxygens (including phenoxy) is 1. The summed E-state index contributed by atoms with van der Waals surface area (Å²) in [6.45, 7) is 1.94. The molecule has 1 saturated carbocycles. The Labute approximate surface area is 220 Å². The molecule has 2 saturated heterocycles. The fourth-order valence-corrected chi connectivity index (χ4v) is 7.30. The van der Waals surface area contributed by atoms with Crippen LogP contribution in [0.4, 0.5) is 5.69 Å². The number of carbonyl (C=O) groups is 4. The average molecular weight is 515 g/mol. The van der Waals surface area contributed by atoms with Crippen molar-refractivity contribution in [2.75, 3.05) is 25.2 Å². The standard InChI is InChI=1S/C30H30N2O6/c1-30-23(27(35)32(29(30)37)18-6-4-3-5-7-18)16-22-20(12-13-21-24(22)28(36)31(2)26(21)34)25(30)17-8-10-19(11-9-17)38-15-14-33/h3-12,21-25,33H,13-16H2,1-2H3/t21-,22+,23-,24-,25-,30+/m0/s1. The molecule has 0 spiro atoms. The van der Waals surface area contributed by atoms with Crippen molar-refractivity contribution in [1.82, 2.24) is 4.90 Å². The van der Waals surface area contributed by atoms with Gasteiger partial charge >= 0.3 is 0 Å². The molecule has 2 aromatic rings. The van der Waals surface area contributed by atoms with E-state index in [2.05, 4.69) is 0 Å². The van der Waals surface area contributed by atoms with Crippen LogP contribution in [0.25, 0.3) is 0 Å². The van der Waals surface area contributed by atoms with E-state index in [1.807, 2.05) is 31.2 Å². The lowest BCUT2D eigenvalue weighted by molar-refractivity contribution is -0.138. The second kappa shape index (κ2) is 8.91. The topological polar surface area (TPSA) is 104 Å². The van der Waals surface area contributed by atoms with Gasteiger partial charge in [0.2, 0.25) is 23.6 Å². The van der Waals surface area contributed by atoms with E-state index in [1.54, 1.807) is 36.4 Å². The van der Waals surface area contributed by atoms with Gasteiger partial charge in [0.25, 0.3) is 0 Å². The number of hydrogen-bond acceptors (Lipinski definition) is 6. The van der Waals surface area contributed by atoms with Crippen molar-refractivity contribution in [3.05, 3.63) is 71.8 Å². The maximum Gasteiger partial charge on any atom is 0.241 e. The van der Waals surface area contributed by atoms with Gasteiger partial charge in [-0.2, -0.15) is 0 Å². The SMILES string of the molecule is CN1C(=O)[C@H]2[C@H](CC=C3[C@H]2C[C@H]2C(=O)N(c4ccccc4)C(=O)[C@@]2(C)[C@H]3c2ccc(OCCO)cc2)C1=O. The van der Waals surface area contributed by atoms with E-state index in [1.165, 1.54) is 16.8 Å². The van der Waals surface area contributed by atoms with Gasteiger partial charge in [-0.3, -0.25) is 24.1 Å². The Morgan fingerprint density at radius 3 is 2.34 bits per heavy atom. The molecule has 1 N–H and O–H groups in total. The summed E-state index contributed by atoms with van der Waals surface area (Å²) in [6.07, 6.45) is 2.82. The maximum absolute atomic E-state index is 14.2. The summed E-state index contributed by atoms with van der Waals surface area (Å²) in [5.41, 5.74) is 1.28. The van der Waals surface area contributed by atoms with Gasteiger partial charge < -0.3 is 9.84 Å². The molecule has 3 fully saturated rings. The molecular weight excluding hydrogens is 484 g/mol. The Morgan fingerprint density at radius 1 is 0.947 bits per heavy atom. The lowest BCUT2D eigenvalue weighted by atomic mass is 9.51. The molecular formula is C30H30N2O6. The molecule has 8 nitrogen and oxygen atoms in total. The molecule has 0 radical (unpaired) electrons. The zero-order chi connectivity index (χ0) is 26.8. The van der Waals surface area contributed by atoms with Crippen molar-refractivity contribution >= 4 is 29.3 Å². The molecule has 38 heavy (non-hydrogen) atoms. The van der Waals surface area contributed by atoms with E-state index in [0.29, 0.717) is 24.3 Å². The molecule has 2 aliphatic carbocycles. The number of benzene rings is 2. The quantitative estimate of drug-likeness (QED) is 0.486. The minimum atomic E-state index is -1.06. The fraction of sp³-hybridized carbons (Fsp3) is 0.400. The zero-order valence-electron chi connectivity index (χ0n) is 21.4. The molecule has 2 heterocycles. The summed E-state index contributed by atoms with van der Waals surface area (Å²) in [6, 6.07) is 16.3. The Morgan fingerprint density at radius 2 is 1.66 bits per heavy atom. The highest BCUT2D eigenvalue weighted by Crippen LogP contribution is 2.63. The molecule has 196 valence electrons. The summed E-state index contributed by atoms with van der Waals surface area (Å²) in [4.78, 5) is 56.9. The highest BCUT2D eigenvalue weighted by molar-refractivity contribution is 6.24. The van der Waals surface area contributed by atoms with Crippen LogP contribution < -0.4 is 9.64 Å². The highest BCUT2D eigenvalue weighted by atomic mass is 16.5. The van der Waals surface area contributed by atoms with Crippen molar-refractivity contribution in [1.29, 1.82) is 0 Å². The van der Waals surface area contributed by atoms with Crippen LogP contribution >= 0.6 is 0 Å². The van der Waals surface area contributed by atoms with E-state index in [-0.39, 0.29) is 42.8 Å². The Hall–Kier alpha value is -3.78. The number of aliphatic hydroxyl groups excluding tert-OH is 1. The number of carbonyl (C=O) groups excluding carboxylic acids is 4. The molecule has 6 atom stereocenters. The Bertz CT molecular complexity index is 1350. The van der Waals surface area contributed by atoms with Crippen molar-refractivity contribution in [2.24, 2.45) is 29.1 Å². The first-order chi connectivity index (χ1) is 18.3. The number of amides is 4. The van der Waals surface area contributed by atoms with Crippen molar-refractivity contribution in [3.63, 3.8) is 0 Å². The lowest BCUT2D eigenvalue weighted by Crippen LogP contribution is -2.48. The Kier molecular flexibility index (Phi) is 5.76. The van der Waals surface area contributed by atoms with Gasteiger partial charge in [0, 0.05) is 13.0 Å². The second-order valence-electron chi connectivity index (χ2n) is 10.9. The molecule has 8 heteroatoms. The van der Waals surface area contributed by atoms with Crippen LogP contribution in [0.5, 0.6) is 5.75 Å². The molecule has 4 aliphatic rings. The van der Waals surface area contributed by atoms with E-state index < -0.39 is 29.1 Å². The van der Waals surface area contributed by atoms with Crippen LogP contribution in [0, 0.1) is 29.1 Å². The number of fused-ring (bicyclic) bond motifs is 4. The number of imide groups is 2. The maximum atomic E-state index is 14.2. The molecule has 6 rings (SSSR count). The van der Waals surface area contributed by atoms with Gasteiger partial charge in [-0.05, 0) is 55.5 Å². The first kappa shape index (κ1) is 24.6. The van der Waals surface area contributed by atoms with E-state index in [4.69, 9.17) is 9.84 Å². The molecule has 4 amide bonds. The van der Waals surface area contributed by atoms with Gasteiger partial charge in [-0.25, -0.2) is 4.90 Å². The van der Waals surface area contributed by atoms with Crippen LogP contribution in [0.1, 0.15) is 31.2 Å². The van der Waals surface area contributed by atoms with Gasteiger partial charge in [0.15, 0.2) is 0 Å². The third-order valence-electron chi connectivity index (χ3n) is 9.08. The number of allylic oxidation sites excluding steroid dienone is 2. The summed E-state index contributed by atoms with van der Waals surface area (Å²) in [5.74, 6) is -2.66. The first-order valence-electron chi connectivity index (χ1n) is 13.1. The van der Waals surface area contributed by atoms with E-state index in [9.17, 15) is 19.2 Å². The minimum Gasteiger partial charge on any atom is -0.491 e. The number of hydrogen-bond donors (Lipinski definition) is 1. The molecule has 0 bridgehead atoms. The molecule has 2 aromatic carbocycles. The van der Waals surface area contributed by atoms with Crippen LogP contribution in [-0.4, -0.2) is 53.9 Å². The second-order valence-corrected chi connectivity index (χ2v) is 10.9. The minimum absolute atomic E-state index is 0.103. The summed E-state index contributed by atoms with van der Waals surface area (Å²) >= 11 is 0. The smallest absolute Gasteiger partial charge is 0.241 e. The predicted molar refractivity (Wildman–Crippen MR) is 138 cm³/mol. The van der Waals surface area contributed by atoms with Crippen molar-refractivity contribution in [3.8, 4) is 5.75 Å². The monoisotopic (exact) mass is 514 g/mol. The third kappa shape index (κ3) is 3.32. The highest BCUT2D eigenvalue weighted by Gasteiger charge is 2.67. The summed E-state index contributed by atoms with van der Waals surface area (Å²) < 4.78 is 5.54. The van der Waals surface area contributed by atoms with Gasteiger partial charge in [0.05, 0.1) is 35.5 Å². The van der Waals surface area contributed by atoms with Gasteiger partial charge in [0.1, 0.15) is 12.4 Å². The average Bonchev–Trinajstić information content (AvgIpc) is 3.27. The molecule has 2 aliphatic heterocycles. The van der Waals surface area contributed by atoms with Crippen molar-refractivity contribution < 1.29 is 29.0 Å². The van der Waals surface area contributed by atoms with Crippen LogP contribution in [0.15, 0.2) is 66.2 Å². The number of anilines is 1. The van der Waals surface area contributed by atoms with Crippen molar-refractivity contribution in [2.45, 2.75) is 25.7 Å². The van der Waals surface area contributed by atoms with Gasteiger partial charge in [-0.1, -0.05) is 42.0 Å².